The molecule has 4 unspecified atom stereocenters. The van der Waals surface area contributed by atoms with Crippen molar-refractivity contribution in [2.45, 2.75) is 49.9 Å². The van der Waals surface area contributed by atoms with E-state index in [0.29, 0.717) is 5.56 Å². The molecule has 1 heterocycles. The van der Waals surface area contributed by atoms with Crippen LogP contribution in [0.1, 0.15) is 24.0 Å². The molecular formula is C28H32N6O8. The number of carboxylic acid groups (broad SMARTS) is 2. The molecule has 0 bridgehead atoms. The Kier molecular flexibility index (Phi) is 10.7. The van der Waals surface area contributed by atoms with Crippen molar-refractivity contribution in [1.82, 2.24) is 20.9 Å². The number of aromatic amines is 1. The summed E-state index contributed by atoms with van der Waals surface area (Å²) in [4.78, 5) is 76.9. The first-order chi connectivity index (χ1) is 19.9. The molecule has 2 aromatic carbocycles. The number of carboxylic acids is 2. The lowest BCUT2D eigenvalue weighted by Gasteiger charge is -2.24. The van der Waals surface area contributed by atoms with Gasteiger partial charge in [-0.3, -0.25) is 24.0 Å². The van der Waals surface area contributed by atoms with Gasteiger partial charge < -0.3 is 42.6 Å². The molecule has 3 rings (SSSR count). The Bertz CT molecular complexity index is 1460. The van der Waals surface area contributed by atoms with Gasteiger partial charge in [0.1, 0.15) is 18.1 Å². The lowest BCUT2D eigenvalue weighted by molar-refractivity contribution is -0.147. The van der Waals surface area contributed by atoms with Crippen molar-refractivity contribution < 1.29 is 39.0 Å². The predicted molar refractivity (Wildman–Crippen MR) is 150 cm³/mol. The second-order valence-electron chi connectivity index (χ2n) is 9.65. The highest BCUT2D eigenvalue weighted by atomic mass is 16.4. The average Bonchev–Trinajstić information content (AvgIpc) is 3.34. The number of nitrogens with two attached hydrogens (primary N) is 2. The summed E-state index contributed by atoms with van der Waals surface area (Å²) in [6, 6.07) is 10.2. The summed E-state index contributed by atoms with van der Waals surface area (Å²) in [5.41, 5.74) is 13.4. The summed E-state index contributed by atoms with van der Waals surface area (Å²) in [5, 5.41) is 26.2. The van der Waals surface area contributed by atoms with E-state index in [9.17, 15) is 33.9 Å². The number of aromatic nitrogens is 1. The minimum absolute atomic E-state index is 0.142. The number of rotatable bonds is 15. The summed E-state index contributed by atoms with van der Waals surface area (Å²) in [6.45, 7) is 0. The van der Waals surface area contributed by atoms with Crippen LogP contribution in [0.15, 0.2) is 60.8 Å². The van der Waals surface area contributed by atoms with Gasteiger partial charge in [0, 0.05) is 23.5 Å². The number of aliphatic carboxylic acids is 2. The van der Waals surface area contributed by atoms with E-state index >= 15 is 0 Å². The molecule has 42 heavy (non-hydrogen) atoms. The number of carbonyl (C=O) groups is 6. The SMILES string of the molecule is NC(=O)CC(NC(=O)C(N)Cc1ccccc1)C(=O)NC(Cc1c[nH]c2ccccc12)C(=O)NC(CC(=O)O)C(=O)O. The molecule has 0 radical (unpaired) electrons. The Labute approximate surface area is 239 Å². The number of nitrogens with one attached hydrogen (secondary N) is 4. The molecule has 0 spiro atoms. The van der Waals surface area contributed by atoms with Crippen molar-refractivity contribution >= 4 is 46.5 Å². The molecule has 0 fully saturated rings. The summed E-state index contributed by atoms with van der Waals surface area (Å²) in [5.74, 6) is -6.67. The first-order valence-corrected chi connectivity index (χ1v) is 12.9. The van der Waals surface area contributed by atoms with Crippen molar-refractivity contribution in [2.75, 3.05) is 0 Å². The number of hydrogen-bond acceptors (Lipinski definition) is 7. The van der Waals surface area contributed by atoms with Gasteiger partial charge in [-0.25, -0.2) is 4.79 Å². The fourth-order valence-electron chi connectivity index (χ4n) is 4.30. The van der Waals surface area contributed by atoms with E-state index < -0.39 is 72.6 Å². The number of primary amides is 1. The maximum atomic E-state index is 13.3. The lowest BCUT2D eigenvalue weighted by atomic mass is 10.0. The third kappa shape index (κ3) is 8.89. The van der Waals surface area contributed by atoms with Crippen molar-refractivity contribution in [3.63, 3.8) is 0 Å². The van der Waals surface area contributed by atoms with Crippen LogP contribution in [0.4, 0.5) is 0 Å². The first-order valence-electron chi connectivity index (χ1n) is 12.9. The molecule has 0 aliphatic rings. The minimum atomic E-state index is -1.78. The number of benzene rings is 2. The van der Waals surface area contributed by atoms with Gasteiger partial charge >= 0.3 is 11.9 Å². The number of fused-ring (bicyclic) bond motifs is 1. The van der Waals surface area contributed by atoms with Crippen molar-refractivity contribution in [1.29, 1.82) is 0 Å². The van der Waals surface area contributed by atoms with Crippen LogP contribution in [-0.4, -0.2) is 74.9 Å². The van der Waals surface area contributed by atoms with Gasteiger partial charge in [-0.15, -0.1) is 0 Å². The van der Waals surface area contributed by atoms with E-state index in [1.54, 1.807) is 60.8 Å². The molecule has 14 heteroatoms. The van der Waals surface area contributed by atoms with E-state index in [-0.39, 0.29) is 12.8 Å². The molecule has 1 aromatic heterocycles. The summed E-state index contributed by atoms with van der Waals surface area (Å²) >= 11 is 0. The van der Waals surface area contributed by atoms with Crippen LogP contribution in [0.3, 0.4) is 0 Å². The smallest absolute Gasteiger partial charge is 0.326 e. The summed E-state index contributed by atoms with van der Waals surface area (Å²) in [7, 11) is 0. The standard InChI is InChI=1S/C28H32N6O8/c29-18(10-15-6-2-1-3-7-15)25(38)32-21(12-23(30)35)27(40)33-20(26(39)34-22(28(41)42)13-24(36)37)11-16-14-31-19-9-5-4-8-17(16)19/h1-9,14,18,20-22,31H,10-13,29H2,(H2,30,35)(H,32,38)(H,33,40)(H,34,39)(H,36,37)(H,41,42). The summed E-state index contributed by atoms with van der Waals surface area (Å²) < 4.78 is 0. The van der Waals surface area contributed by atoms with Gasteiger partial charge in [-0.2, -0.15) is 0 Å². The Balaban J connectivity index is 1.83. The van der Waals surface area contributed by atoms with E-state index in [4.69, 9.17) is 16.6 Å². The van der Waals surface area contributed by atoms with Crippen LogP contribution < -0.4 is 27.4 Å². The van der Waals surface area contributed by atoms with Gasteiger partial charge in [-0.05, 0) is 23.6 Å². The normalized spacial score (nSPS) is 13.7. The molecule has 0 saturated carbocycles. The van der Waals surface area contributed by atoms with Crippen LogP contribution in [0.2, 0.25) is 0 Å². The van der Waals surface area contributed by atoms with E-state index in [2.05, 4.69) is 20.9 Å². The molecule has 4 atom stereocenters. The number of amides is 4. The molecule has 0 saturated heterocycles. The zero-order valence-electron chi connectivity index (χ0n) is 22.4. The van der Waals surface area contributed by atoms with E-state index in [0.717, 1.165) is 16.5 Å². The monoisotopic (exact) mass is 580 g/mol. The molecular weight excluding hydrogens is 548 g/mol. The van der Waals surface area contributed by atoms with Crippen LogP contribution in [0.25, 0.3) is 10.9 Å². The molecule has 0 aliphatic carbocycles. The van der Waals surface area contributed by atoms with Gasteiger partial charge in [0.25, 0.3) is 0 Å². The highest BCUT2D eigenvalue weighted by Crippen LogP contribution is 2.19. The maximum Gasteiger partial charge on any atom is 0.326 e. The van der Waals surface area contributed by atoms with Gasteiger partial charge in [0.2, 0.25) is 23.6 Å². The van der Waals surface area contributed by atoms with Crippen molar-refractivity contribution in [2.24, 2.45) is 11.5 Å². The Morgan fingerprint density at radius 2 is 1.33 bits per heavy atom. The van der Waals surface area contributed by atoms with Crippen LogP contribution in [-0.2, 0) is 41.6 Å². The Hall–Kier alpha value is -5.24. The topological polar surface area (TPSA) is 247 Å². The fraction of sp³-hybridized carbons (Fsp3) is 0.286. The number of H-pyrrole nitrogens is 1. The molecule has 10 N–H and O–H groups in total. The zero-order valence-corrected chi connectivity index (χ0v) is 22.4. The number of hydrogen-bond donors (Lipinski definition) is 8. The van der Waals surface area contributed by atoms with Crippen molar-refractivity contribution in [3.05, 3.63) is 71.9 Å². The Morgan fingerprint density at radius 3 is 1.98 bits per heavy atom. The number of carbonyl (C=O) groups excluding carboxylic acids is 4. The van der Waals surface area contributed by atoms with E-state index in [1.807, 2.05) is 0 Å². The molecule has 14 nitrogen and oxygen atoms in total. The van der Waals surface area contributed by atoms with Gasteiger partial charge in [0.05, 0.1) is 18.9 Å². The van der Waals surface area contributed by atoms with E-state index in [1.165, 1.54) is 0 Å². The maximum absolute atomic E-state index is 13.3. The van der Waals surface area contributed by atoms with Crippen molar-refractivity contribution in [3.8, 4) is 0 Å². The minimum Gasteiger partial charge on any atom is -0.481 e. The molecule has 222 valence electrons. The highest BCUT2D eigenvalue weighted by Gasteiger charge is 2.32. The second-order valence-corrected chi connectivity index (χ2v) is 9.65. The Morgan fingerprint density at radius 1 is 0.738 bits per heavy atom. The average molecular weight is 581 g/mol. The third-order valence-electron chi connectivity index (χ3n) is 6.40. The third-order valence-corrected chi connectivity index (χ3v) is 6.40. The molecule has 4 amide bonds. The molecule has 0 aliphatic heterocycles. The second kappa shape index (κ2) is 14.4. The lowest BCUT2D eigenvalue weighted by Crippen LogP contribution is -2.58. The highest BCUT2D eigenvalue weighted by molar-refractivity contribution is 5.97. The van der Waals surface area contributed by atoms with Gasteiger partial charge in [0.15, 0.2) is 0 Å². The summed E-state index contributed by atoms with van der Waals surface area (Å²) in [6.07, 6.45) is 0.0751. The number of para-hydroxylation sites is 1. The predicted octanol–water partition coefficient (Wildman–Crippen LogP) is -0.830. The van der Waals surface area contributed by atoms with Gasteiger partial charge in [-0.1, -0.05) is 48.5 Å². The quantitative estimate of drug-likeness (QED) is 0.112. The first kappa shape index (κ1) is 31.3. The van der Waals surface area contributed by atoms with Crippen LogP contribution >= 0.6 is 0 Å². The van der Waals surface area contributed by atoms with Crippen LogP contribution in [0.5, 0.6) is 0 Å². The largest absolute Gasteiger partial charge is 0.481 e. The zero-order chi connectivity index (χ0) is 30.8. The van der Waals surface area contributed by atoms with Crippen LogP contribution in [0, 0.1) is 0 Å². The molecule has 3 aromatic rings. The fourth-order valence-corrected chi connectivity index (χ4v) is 4.30.